The van der Waals surface area contributed by atoms with Crippen LogP contribution in [-0.4, -0.2) is 20.9 Å². The second-order valence-corrected chi connectivity index (χ2v) is 8.96. The van der Waals surface area contributed by atoms with E-state index in [2.05, 4.69) is 38.8 Å². The van der Waals surface area contributed by atoms with E-state index in [1.165, 1.54) is 5.56 Å². The van der Waals surface area contributed by atoms with Crippen LogP contribution in [0, 0.1) is 0 Å². The predicted octanol–water partition coefficient (Wildman–Crippen LogP) is 3.67. The van der Waals surface area contributed by atoms with Gasteiger partial charge in [0.1, 0.15) is 5.82 Å². The number of nitrogens with one attached hydrogen (secondary N) is 3. The molecule has 0 fully saturated rings. The van der Waals surface area contributed by atoms with Crippen LogP contribution in [0.1, 0.15) is 22.4 Å². The highest BCUT2D eigenvalue weighted by Gasteiger charge is 2.51. The molecule has 0 saturated carbocycles. The topological polar surface area (TPSA) is 113 Å². The average Bonchev–Trinajstić information content (AvgIpc) is 3.49. The molecule has 4 heterocycles. The Morgan fingerprint density at radius 1 is 1.03 bits per heavy atom. The lowest BCUT2D eigenvalue weighted by Crippen LogP contribution is -2.35. The summed E-state index contributed by atoms with van der Waals surface area (Å²) in [5, 5.41) is 7.32. The van der Waals surface area contributed by atoms with E-state index in [-0.39, 0.29) is 5.91 Å². The standard InChI is InChI=1S/C26H19N5O3/c32-24-26(18-3-2-8-27-23(18)31-24)11-15-9-14-6-7-17(29-21(14)10-16(15)12-26)13-28-19-4-1-5-20-22(19)34-25(33)30-20/h1-10,28H,11-13H2,(H,30,33)(H,27,31,32)/t26-/m0/s1. The van der Waals surface area contributed by atoms with Crippen molar-refractivity contribution in [3.63, 3.8) is 0 Å². The molecular weight excluding hydrogens is 430 g/mol. The van der Waals surface area contributed by atoms with Crippen LogP contribution in [0.5, 0.6) is 0 Å². The fraction of sp³-hybridized carbons (Fsp3) is 0.154. The van der Waals surface area contributed by atoms with Gasteiger partial charge in [-0.15, -0.1) is 0 Å². The van der Waals surface area contributed by atoms with Crippen molar-refractivity contribution in [3.05, 3.63) is 93.7 Å². The summed E-state index contributed by atoms with van der Waals surface area (Å²) < 4.78 is 5.26. The van der Waals surface area contributed by atoms with Crippen molar-refractivity contribution in [2.24, 2.45) is 0 Å². The molecule has 0 radical (unpaired) electrons. The monoisotopic (exact) mass is 449 g/mol. The molecule has 1 aliphatic heterocycles. The number of anilines is 2. The first kappa shape index (κ1) is 19.0. The van der Waals surface area contributed by atoms with Gasteiger partial charge in [0, 0.05) is 17.1 Å². The van der Waals surface area contributed by atoms with E-state index in [1.54, 1.807) is 12.3 Å². The summed E-state index contributed by atoms with van der Waals surface area (Å²) in [4.78, 5) is 36.4. The summed E-state index contributed by atoms with van der Waals surface area (Å²) in [5.74, 6) is 0.212. The Labute approximate surface area is 193 Å². The smallest absolute Gasteiger partial charge is 0.406 e. The van der Waals surface area contributed by atoms with E-state index in [1.807, 2.05) is 30.3 Å². The molecule has 3 aromatic heterocycles. The molecule has 34 heavy (non-hydrogen) atoms. The molecule has 3 N–H and O–H groups in total. The fourth-order valence-corrected chi connectivity index (χ4v) is 5.33. The molecule has 0 saturated heterocycles. The Kier molecular flexibility index (Phi) is 3.79. The van der Waals surface area contributed by atoms with Crippen molar-refractivity contribution in [2.75, 3.05) is 10.6 Å². The number of para-hydroxylation sites is 1. The molecule has 1 amide bonds. The van der Waals surface area contributed by atoms with Gasteiger partial charge in [0.25, 0.3) is 0 Å². The molecule has 166 valence electrons. The first-order valence-corrected chi connectivity index (χ1v) is 11.1. The molecule has 0 unspecified atom stereocenters. The van der Waals surface area contributed by atoms with Gasteiger partial charge in [-0.1, -0.05) is 18.2 Å². The molecular formula is C26H19N5O3. The van der Waals surface area contributed by atoms with Crippen molar-refractivity contribution in [1.82, 2.24) is 15.0 Å². The fourth-order valence-electron chi connectivity index (χ4n) is 5.33. The number of amides is 1. The number of carbonyl (C=O) groups is 1. The number of aromatic amines is 1. The number of aromatic nitrogens is 3. The van der Waals surface area contributed by atoms with Gasteiger partial charge in [-0.25, -0.2) is 9.78 Å². The van der Waals surface area contributed by atoms with Crippen LogP contribution >= 0.6 is 0 Å². The zero-order chi connectivity index (χ0) is 22.9. The lowest BCUT2D eigenvalue weighted by atomic mass is 9.79. The highest BCUT2D eigenvalue weighted by molar-refractivity contribution is 6.06. The quantitative estimate of drug-likeness (QED) is 0.387. The Morgan fingerprint density at radius 2 is 1.91 bits per heavy atom. The van der Waals surface area contributed by atoms with Crippen LogP contribution in [0.4, 0.5) is 11.5 Å². The number of pyridine rings is 2. The first-order chi connectivity index (χ1) is 16.6. The minimum Gasteiger partial charge on any atom is -0.406 e. The second-order valence-electron chi connectivity index (χ2n) is 8.96. The van der Waals surface area contributed by atoms with Crippen molar-refractivity contribution in [1.29, 1.82) is 0 Å². The van der Waals surface area contributed by atoms with Crippen molar-refractivity contribution >= 4 is 39.4 Å². The molecule has 2 aliphatic rings. The second kappa shape index (κ2) is 6.77. The number of carbonyl (C=O) groups excluding carboxylic acids is 1. The Balaban J connectivity index is 1.20. The predicted molar refractivity (Wildman–Crippen MR) is 128 cm³/mol. The molecule has 5 aromatic rings. The summed E-state index contributed by atoms with van der Waals surface area (Å²) in [6, 6.07) is 17.7. The number of rotatable bonds is 3. The molecule has 8 nitrogen and oxygen atoms in total. The molecule has 1 atom stereocenters. The minimum atomic E-state index is -0.590. The molecule has 7 rings (SSSR count). The lowest BCUT2D eigenvalue weighted by Gasteiger charge is -2.20. The summed E-state index contributed by atoms with van der Waals surface area (Å²) in [6.07, 6.45) is 3.01. The molecule has 1 aliphatic carbocycles. The normalized spacial score (nSPS) is 18.4. The van der Waals surface area contributed by atoms with Crippen molar-refractivity contribution in [2.45, 2.75) is 24.8 Å². The number of hydrogen-bond donors (Lipinski definition) is 3. The van der Waals surface area contributed by atoms with E-state index in [0.717, 1.165) is 33.4 Å². The van der Waals surface area contributed by atoms with Crippen LogP contribution in [0.25, 0.3) is 22.0 Å². The largest absolute Gasteiger partial charge is 0.417 e. The molecule has 8 heteroatoms. The highest BCUT2D eigenvalue weighted by atomic mass is 16.4. The Bertz CT molecular complexity index is 1700. The molecule has 2 aromatic carbocycles. The van der Waals surface area contributed by atoms with Crippen LogP contribution in [0.2, 0.25) is 0 Å². The number of H-pyrrole nitrogens is 1. The lowest BCUT2D eigenvalue weighted by molar-refractivity contribution is -0.120. The molecule has 0 bridgehead atoms. The third-order valence-corrected chi connectivity index (χ3v) is 6.95. The first-order valence-electron chi connectivity index (χ1n) is 11.1. The number of nitrogens with zero attached hydrogens (tertiary/aromatic N) is 2. The maximum absolute atomic E-state index is 13.0. The van der Waals surface area contributed by atoms with E-state index < -0.39 is 11.2 Å². The van der Waals surface area contributed by atoms with E-state index in [0.29, 0.717) is 36.3 Å². The average molecular weight is 449 g/mol. The maximum Gasteiger partial charge on any atom is 0.417 e. The summed E-state index contributed by atoms with van der Waals surface area (Å²) in [7, 11) is 0. The highest BCUT2D eigenvalue weighted by Crippen LogP contribution is 2.47. The van der Waals surface area contributed by atoms with E-state index in [9.17, 15) is 9.59 Å². The zero-order valence-corrected chi connectivity index (χ0v) is 18.0. The summed E-state index contributed by atoms with van der Waals surface area (Å²) in [5.41, 5.74) is 6.36. The van der Waals surface area contributed by atoms with Crippen LogP contribution in [0.3, 0.4) is 0 Å². The minimum absolute atomic E-state index is 0.0184. The van der Waals surface area contributed by atoms with Gasteiger partial charge in [0.05, 0.1) is 34.4 Å². The van der Waals surface area contributed by atoms with Gasteiger partial charge in [-0.05, 0) is 60.4 Å². The van der Waals surface area contributed by atoms with Crippen LogP contribution < -0.4 is 16.4 Å². The maximum atomic E-state index is 13.0. The number of benzene rings is 2. The Hall–Kier alpha value is -4.46. The van der Waals surface area contributed by atoms with Gasteiger partial charge in [0.2, 0.25) is 5.91 Å². The summed E-state index contributed by atoms with van der Waals surface area (Å²) >= 11 is 0. The van der Waals surface area contributed by atoms with E-state index >= 15 is 0 Å². The van der Waals surface area contributed by atoms with Gasteiger partial charge >= 0.3 is 5.76 Å². The SMILES string of the molecule is O=C1Nc2ncccc2[C@@]12Cc1cc3ccc(CNc4cccc5[nH]c(=O)oc45)nc3cc1C2. The van der Waals surface area contributed by atoms with Crippen molar-refractivity contribution < 1.29 is 9.21 Å². The van der Waals surface area contributed by atoms with Crippen LogP contribution in [-0.2, 0) is 29.6 Å². The third kappa shape index (κ3) is 2.71. The number of hydrogen-bond acceptors (Lipinski definition) is 6. The number of fused-ring (bicyclic) bond motifs is 5. The van der Waals surface area contributed by atoms with E-state index in [4.69, 9.17) is 9.40 Å². The zero-order valence-electron chi connectivity index (χ0n) is 18.0. The van der Waals surface area contributed by atoms with Gasteiger partial charge in [-0.3, -0.25) is 14.8 Å². The van der Waals surface area contributed by atoms with Gasteiger partial charge in [0.15, 0.2) is 5.58 Å². The summed E-state index contributed by atoms with van der Waals surface area (Å²) in [6.45, 7) is 0.479. The van der Waals surface area contributed by atoms with Crippen molar-refractivity contribution in [3.8, 4) is 0 Å². The Morgan fingerprint density at radius 3 is 2.82 bits per heavy atom. The van der Waals surface area contributed by atoms with Gasteiger partial charge < -0.3 is 15.1 Å². The van der Waals surface area contributed by atoms with Crippen LogP contribution in [0.15, 0.2) is 70.0 Å². The number of oxazole rings is 1. The molecule has 1 spiro atoms. The third-order valence-electron chi connectivity index (χ3n) is 6.95. The van der Waals surface area contributed by atoms with Gasteiger partial charge in [-0.2, -0.15) is 0 Å².